The molecule has 1 fully saturated rings. The van der Waals surface area contributed by atoms with Gasteiger partial charge in [0.05, 0.1) is 0 Å². The number of rotatable bonds is 2. The first-order valence-electron chi connectivity index (χ1n) is 5.16. The number of hydrogen-bond donors (Lipinski definition) is 1. The van der Waals surface area contributed by atoms with Crippen LogP contribution in [0.4, 0.5) is 0 Å². The lowest BCUT2D eigenvalue weighted by Gasteiger charge is -2.23. The molecule has 1 aromatic carbocycles. The van der Waals surface area contributed by atoms with Crippen LogP contribution in [0, 0.1) is 0 Å². The summed E-state index contributed by atoms with van der Waals surface area (Å²) in [6.45, 7) is 2.17. The first kappa shape index (κ1) is 9.41. The molecule has 0 aliphatic carbocycles. The highest BCUT2D eigenvalue weighted by Crippen LogP contribution is 2.23. The van der Waals surface area contributed by atoms with Crippen LogP contribution in [0.25, 0.3) is 0 Å². The van der Waals surface area contributed by atoms with Gasteiger partial charge in [-0.25, -0.2) is 0 Å². The van der Waals surface area contributed by atoms with Crippen molar-refractivity contribution < 1.29 is 4.79 Å². The zero-order valence-electron chi connectivity index (χ0n) is 8.20. The van der Waals surface area contributed by atoms with E-state index in [2.05, 4.69) is 11.4 Å². The Morgan fingerprint density at radius 1 is 1.43 bits per heavy atom. The van der Waals surface area contributed by atoms with Crippen LogP contribution in [0.15, 0.2) is 24.3 Å². The Balaban J connectivity index is 2.17. The van der Waals surface area contributed by atoms with Gasteiger partial charge in [0.2, 0.25) is 0 Å². The van der Waals surface area contributed by atoms with E-state index in [-0.39, 0.29) is 0 Å². The molecule has 0 bridgehead atoms. The van der Waals surface area contributed by atoms with E-state index in [0.717, 1.165) is 24.9 Å². The lowest BCUT2D eigenvalue weighted by Crippen LogP contribution is -2.28. The van der Waals surface area contributed by atoms with Crippen LogP contribution in [0.5, 0.6) is 0 Å². The number of hydrogen-bond acceptors (Lipinski definition) is 2. The van der Waals surface area contributed by atoms with Gasteiger partial charge in [0.1, 0.15) is 6.29 Å². The second-order valence-corrected chi connectivity index (χ2v) is 3.83. The summed E-state index contributed by atoms with van der Waals surface area (Å²) >= 11 is 0. The van der Waals surface area contributed by atoms with Crippen molar-refractivity contribution in [3.63, 3.8) is 0 Å². The highest BCUT2D eigenvalue weighted by atomic mass is 16.1. The van der Waals surface area contributed by atoms with E-state index in [1.165, 1.54) is 18.4 Å². The summed E-state index contributed by atoms with van der Waals surface area (Å²) in [5.41, 5.74) is 2.08. The summed E-state index contributed by atoms with van der Waals surface area (Å²) in [6.07, 6.45) is 3.38. The molecule has 1 aliphatic heterocycles. The first-order chi connectivity index (χ1) is 6.90. The maximum atomic E-state index is 10.6. The molecule has 1 unspecified atom stereocenters. The molecule has 0 radical (unpaired) electrons. The average Bonchev–Trinajstić information content (AvgIpc) is 2.30. The summed E-state index contributed by atoms with van der Waals surface area (Å²) < 4.78 is 0. The van der Waals surface area contributed by atoms with Gasteiger partial charge in [0.15, 0.2) is 0 Å². The van der Waals surface area contributed by atoms with Crippen molar-refractivity contribution in [1.82, 2.24) is 5.32 Å². The zero-order chi connectivity index (χ0) is 9.80. The molecule has 1 aromatic rings. The van der Waals surface area contributed by atoms with Gasteiger partial charge in [-0.2, -0.15) is 0 Å². The van der Waals surface area contributed by atoms with E-state index >= 15 is 0 Å². The third-order valence-corrected chi connectivity index (χ3v) is 2.82. The molecule has 74 valence electrons. The van der Waals surface area contributed by atoms with Gasteiger partial charge in [-0.1, -0.05) is 18.2 Å². The second-order valence-electron chi connectivity index (χ2n) is 3.83. The molecule has 0 aromatic heterocycles. The number of nitrogens with one attached hydrogen (secondary N) is 1. The molecule has 2 rings (SSSR count). The monoisotopic (exact) mass is 189 g/mol. The van der Waals surface area contributed by atoms with Gasteiger partial charge in [-0.15, -0.1) is 0 Å². The van der Waals surface area contributed by atoms with Crippen LogP contribution >= 0.6 is 0 Å². The van der Waals surface area contributed by atoms with Crippen molar-refractivity contribution in [2.45, 2.75) is 18.8 Å². The molecule has 1 heterocycles. The third-order valence-electron chi connectivity index (χ3n) is 2.82. The molecule has 1 N–H and O–H groups in total. The Labute approximate surface area is 84.3 Å². The summed E-state index contributed by atoms with van der Waals surface area (Å²) in [7, 11) is 0. The van der Waals surface area contributed by atoms with E-state index < -0.39 is 0 Å². The molecule has 2 heteroatoms. The van der Waals surface area contributed by atoms with E-state index in [1.807, 2.05) is 18.2 Å². The number of aldehydes is 1. The summed E-state index contributed by atoms with van der Waals surface area (Å²) in [6, 6.07) is 7.94. The van der Waals surface area contributed by atoms with Crippen LogP contribution in [0.1, 0.15) is 34.7 Å². The first-order valence-corrected chi connectivity index (χ1v) is 5.16. The van der Waals surface area contributed by atoms with Crippen LogP contribution in [-0.4, -0.2) is 19.4 Å². The Morgan fingerprint density at radius 2 is 2.36 bits per heavy atom. The molecular weight excluding hydrogens is 174 g/mol. The van der Waals surface area contributed by atoms with Crippen molar-refractivity contribution in [2.75, 3.05) is 13.1 Å². The van der Waals surface area contributed by atoms with Crippen LogP contribution in [0.3, 0.4) is 0 Å². The average molecular weight is 189 g/mol. The van der Waals surface area contributed by atoms with Crippen LogP contribution in [-0.2, 0) is 0 Å². The minimum Gasteiger partial charge on any atom is -0.316 e. The number of carbonyl (C=O) groups excluding carboxylic acids is 1. The minimum absolute atomic E-state index is 0.587. The van der Waals surface area contributed by atoms with Crippen molar-refractivity contribution >= 4 is 6.29 Å². The maximum absolute atomic E-state index is 10.6. The van der Waals surface area contributed by atoms with Crippen molar-refractivity contribution in [2.24, 2.45) is 0 Å². The summed E-state index contributed by atoms with van der Waals surface area (Å²) in [4.78, 5) is 10.6. The van der Waals surface area contributed by atoms with Gasteiger partial charge >= 0.3 is 0 Å². The fourth-order valence-electron chi connectivity index (χ4n) is 2.02. The predicted molar refractivity (Wildman–Crippen MR) is 56.7 cm³/mol. The van der Waals surface area contributed by atoms with Gasteiger partial charge in [-0.3, -0.25) is 4.79 Å². The van der Waals surface area contributed by atoms with Crippen molar-refractivity contribution in [1.29, 1.82) is 0 Å². The van der Waals surface area contributed by atoms with Gasteiger partial charge in [0.25, 0.3) is 0 Å². The topological polar surface area (TPSA) is 29.1 Å². The standard InChI is InChI=1S/C12H15NO/c14-9-10-3-1-4-11(7-10)12-5-2-6-13-8-12/h1,3-4,7,9,12-13H,2,5-6,8H2. The summed E-state index contributed by atoms with van der Waals surface area (Å²) in [5, 5.41) is 3.38. The molecule has 0 spiro atoms. The second kappa shape index (κ2) is 4.38. The van der Waals surface area contributed by atoms with Crippen LogP contribution in [0.2, 0.25) is 0 Å². The Bertz CT molecular complexity index is 316. The van der Waals surface area contributed by atoms with E-state index in [1.54, 1.807) is 0 Å². The lowest BCUT2D eigenvalue weighted by molar-refractivity contribution is 0.112. The zero-order valence-corrected chi connectivity index (χ0v) is 8.20. The smallest absolute Gasteiger partial charge is 0.150 e. The molecule has 1 atom stereocenters. The molecule has 0 saturated carbocycles. The number of piperidine rings is 1. The van der Waals surface area contributed by atoms with Gasteiger partial charge < -0.3 is 5.32 Å². The lowest BCUT2D eigenvalue weighted by atomic mass is 9.91. The third kappa shape index (κ3) is 2.02. The van der Waals surface area contributed by atoms with E-state index in [0.29, 0.717) is 5.92 Å². The maximum Gasteiger partial charge on any atom is 0.150 e. The largest absolute Gasteiger partial charge is 0.316 e. The van der Waals surface area contributed by atoms with Crippen LogP contribution < -0.4 is 5.32 Å². The molecule has 0 amide bonds. The number of carbonyl (C=O) groups is 1. The molecular formula is C12H15NO. The number of benzene rings is 1. The Morgan fingerprint density at radius 3 is 3.07 bits per heavy atom. The molecule has 1 saturated heterocycles. The molecule has 2 nitrogen and oxygen atoms in total. The molecule has 14 heavy (non-hydrogen) atoms. The van der Waals surface area contributed by atoms with Crippen molar-refractivity contribution in [3.05, 3.63) is 35.4 Å². The molecule has 1 aliphatic rings. The fraction of sp³-hybridized carbons (Fsp3) is 0.417. The minimum atomic E-state index is 0.587. The highest BCUT2D eigenvalue weighted by Gasteiger charge is 2.14. The quantitative estimate of drug-likeness (QED) is 0.721. The summed E-state index contributed by atoms with van der Waals surface area (Å²) in [5.74, 6) is 0.587. The van der Waals surface area contributed by atoms with E-state index in [4.69, 9.17) is 0 Å². The normalized spacial score (nSPS) is 21.9. The van der Waals surface area contributed by atoms with Crippen molar-refractivity contribution in [3.8, 4) is 0 Å². The Hall–Kier alpha value is -1.15. The predicted octanol–water partition coefficient (Wildman–Crippen LogP) is 1.97. The Kier molecular flexibility index (Phi) is 2.94. The van der Waals surface area contributed by atoms with Gasteiger partial charge in [0, 0.05) is 12.1 Å². The highest BCUT2D eigenvalue weighted by molar-refractivity contribution is 5.75. The van der Waals surface area contributed by atoms with Gasteiger partial charge in [-0.05, 0) is 36.9 Å². The fourth-order valence-corrected chi connectivity index (χ4v) is 2.02. The van der Waals surface area contributed by atoms with E-state index in [9.17, 15) is 4.79 Å². The SMILES string of the molecule is O=Cc1cccc(C2CCCNC2)c1.